The Balaban J connectivity index is 1.68. The van der Waals surface area contributed by atoms with Gasteiger partial charge >= 0.3 is 0 Å². The van der Waals surface area contributed by atoms with Crippen LogP contribution in [0.5, 0.6) is 0 Å². The van der Waals surface area contributed by atoms with Crippen LogP contribution in [0.1, 0.15) is 55.1 Å². The minimum Gasteiger partial charge on any atom is -0.394 e. The van der Waals surface area contributed by atoms with E-state index >= 15 is 0 Å². The van der Waals surface area contributed by atoms with Gasteiger partial charge in [0.1, 0.15) is 5.69 Å². The van der Waals surface area contributed by atoms with Crippen molar-refractivity contribution in [3.05, 3.63) is 18.0 Å². The number of likely N-dealkylation sites (tertiary alicyclic amines) is 1. The monoisotopic (exact) mass is 263 g/mol. The lowest BCUT2D eigenvalue weighted by Crippen LogP contribution is -2.53. The van der Waals surface area contributed by atoms with Crippen molar-refractivity contribution >= 4 is 5.91 Å². The average Bonchev–Trinajstić information content (AvgIpc) is 2.88. The van der Waals surface area contributed by atoms with Crippen LogP contribution in [0.4, 0.5) is 0 Å². The number of amides is 1. The van der Waals surface area contributed by atoms with E-state index in [-0.39, 0.29) is 18.6 Å². The summed E-state index contributed by atoms with van der Waals surface area (Å²) in [6, 6.07) is 2.26. The van der Waals surface area contributed by atoms with Crippen LogP contribution in [0.15, 0.2) is 12.3 Å². The van der Waals surface area contributed by atoms with E-state index in [1.807, 2.05) is 16.9 Å². The Bertz CT molecular complexity index is 449. The molecule has 0 spiro atoms. The number of nitrogens with zero attached hydrogens (tertiary/aromatic N) is 3. The number of hydrogen-bond donors (Lipinski definition) is 1. The van der Waals surface area contributed by atoms with Gasteiger partial charge in [-0.15, -0.1) is 0 Å². The zero-order valence-electron chi connectivity index (χ0n) is 11.2. The van der Waals surface area contributed by atoms with E-state index in [1.54, 1.807) is 4.90 Å². The van der Waals surface area contributed by atoms with Gasteiger partial charge in [0.15, 0.2) is 0 Å². The van der Waals surface area contributed by atoms with Crippen molar-refractivity contribution in [2.45, 2.75) is 50.6 Å². The lowest BCUT2D eigenvalue weighted by atomic mass is 9.96. The number of aliphatic hydroxyl groups excluding tert-OH is 1. The lowest BCUT2D eigenvalue weighted by Gasteiger charge is -2.39. The average molecular weight is 263 g/mol. The molecule has 1 amide bonds. The molecule has 104 valence electrons. The van der Waals surface area contributed by atoms with E-state index in [9.17, 15) is 4.79 Å². The van der Waals surface area contributed by atoms with E-state index in [0.29, 0.717) is 11.7 Å². The molecule has 5 heteroatoms. The molecule has 1 aromatic heterocycles. The topological polar surface area (TPSA) is 58.4 Å². The Kier molecular flexibility index (Phi) is 3.55. The van der Waals surface area contributed by atoms with Crippen molar-refractivity contribution in [1.29, 1.82) is 0 Å². The maximum Gasteiger partial charge on any atom is 0.274 e. The summed E-state index contributed by atoms with van der Waals surface area (Å²) in [6.45, 7) is 0.787. The Morgan fingerprint density at radius 1 is 1.32 bits per heavy atom. The van der Waals surface area contributed by atoms with Crippen molar-refractivity contribution in [3.8, 4) is 0 Å². The first-order chi connectivity index (χ1) is 9.29. The highest BCUT2D eigenvalue weighted by molar-refractivity contribution is 5.93. The quantitative estimate of drug-likeness (QED) is 0.901. The Morgan fingerprint density at radius 3 is 2.74 bits per heavy atom. The Labute approximate surface area is 113 Å². The van der Waals surface area contributed by atoms with Gasteiger partial charge in [-0.1, -0.05) is 19.3 Å². The Hall–Kier alpha value is -1.36. The van der Waals surface area contributed by atoms with E-state index in [1.165, 1.54) is 19.3 Å². The third-order valence-corrected chi connectivity index (χ3v) is 4.39. The van der Waals surface area contributed by atoms with E-state index in [0.717, 1.165) is 25.8 Å². The number of carbonyl (C=O) groups is 1. The molecule has 1 atom stereocenters. The van der Waals surface area contributed by atoms with Gasteiger partial charge in [0, 0.05) is 12.7 Å². The largest absolute Gasteiger partial charge is 0.394 e. The minimum absolute atomic E-state index is 0.00710. The molecule has 2 heterocycles. The van der Waals surface area contributed by atoms with Gasteiger partial charge in [-0.25, -0.2) is 0 Å². The molecule has 1 unspecified atom stereocenters. The van der Waals surface area contributed by atoms with Gasteiger partial charge in [0.25, 0.3) is 5.91 Å². The van der Waals surface area contributed by atoms with Crippen molar-refractivity contribution in [1.82, 2.24) is 14.7 Å². The van der Waals surface area contributed by atoms with Gasteiger partial charge in [-0.3, -0.25) is 9.48 Å². The second-order valence-corrected chi connectivity index (χ2v) is 5.60. The van der Waals surface area contributed by atoms with E-state index in [2.05, 4.69) is 5.10 Å². The fourth-order valence-corrected chi connectivity index (χ4v) is 3.05. The Morgan fingerprint density at radius 2 is 2.11 bits per heavy atom. The van der Waals surface area contributed by atoms with Gasteiger partial charge in [0.2, 0.25) is 0 Å². The van der Waals surface area contributed by atoms with Crippen LogP contribution in [0, 0.1) is 0 Å². The highest BCUT2D eigenvalue weighted by atomic mass is 16.3. The third kappa shape index (κ3) is 2.39. The lowest BCUT2D eigenvalue weighted by molar-refractivity contribution is 0.0289. The van der Waals surface area contributed by atoms with Gasteiger partial charge in [-0.05, 0) is 25.3 Å². The zero-order chi connectivity index (χ0) is 13.2. The summed E-state index contributed by atoms with van der Waals surface area (Å²) in [6.07, 6.45) is 8.98. The van der Waals surface area contributed by atoms with Crippen LogP contribution in [0.3, 0.4) is 0 Å². The number of aromatic nitrogens is 2. The first-order valence-electron chi connectivity index (χ1n) is 7.26. The summed E-state index contributed by atoms with van der Waals surface area (Å²) in [5.74, 6) is -0.0418. The second-order valence-electron chi connectivity index (χ2n) is 5.60. The van der Waals surface area contributed by atoms with Crippen molar-refractivity contribution in [2.24, 2.45) is 0 Å². The van der Waals surface area contributed by atoms with Crippen molar-refractivity contribution in [3.63, 3.8) is 0 Å². The number of carbonyl (C=O) groups excluding carboxylic acids is 1. The van der Waals surface area contributed by atoms with Crippen molar-refractivity contribution < 1.29 is 9.90 Å². The number of aliphatic hydroxyl groups is 1. The maximum atomic E-state index is 12.2. The van der Waals surface area contributed by atoms with E-state index < -0.39 is 0 Å². The van der Waals surface area contributed by atoms with Gasteiger partial charge in [0.05, 0.1) is 18.7 Å². The highest BCUT2D eigenvalue weighted by Gasteiger charge is 2.33. The summed E-state index contributed by atoms with van der Waals surface area (Å²) in [7, 11) is 0. The number of hydrogen-bond acceptors (Lipinski definition) is 3. The minimum atomic E-state index is -0.0418. The molecule has 2 fully saturated rings. The molecule has 1 aliphatic carbocycles. The standard InChI is InChI=1S/C14H21N3O2/c18-10-12-6-8-16(12)14(19)13-7-9-17(15-13)11-4-2-1-3-5-11/h7,9,11-12,18H,1-6,8,10H2. The van der Waals surface area contributed by atoms with Crippen LogP contribution >= 0.6 is 0 Å². The molecule has 1 aliphatic heterocycles. The highest BCUT2D eigenvalue weighted by Crippen LogP contribution is 2.28. The molecule has 2 aliphatic rings. The van der Waals surface area contributed by atoms with E-state index in [4.69, 9.17) is 5.11 Å². The van der Waals surface area contributed by atoms with Crippen LogP contribution in [-0.2, 0) is 0 Å². The molecule has 3 rings (SSSR count). The summed E-state index contributed by atoms with van der Waals surface area (Å²) in [5, 5.41) is 13.6. The molecule has 0 bridgehead atoms. The molecule has 5 nitrogen and oxygen atoms in total. The third-order valence-electron chi connectivity index (χ3n) is 4.39. The number of rotatable bonds is 3. The van der Waals surface area contributed by atoms with Crippen LogP contribution in [0.2, 0.25) is 0 Å². The van der Waals surface area contributed by atoms with Gasteiger partial charge < -0.3 is 10.0 Å². The van der Waals surface area contributed by atoms with Crippen molar-refractivity contribution in [2.75, 3.05) is 13.2 Å². The predicted molar refractivity (Wildman–Crippen MR) is 70.9 cm³/mol. The van der Waals surface area contributed by atoms with Crippen LogP contribution < -0.4 is 0 Å². The predicted octanol–water partition coefficient (Wildman–Crippen LogP) is 1.60. The first kappa shape index (κ1) is 12.7. The summed E-state index contributed by atoms with van der Waals surface area (Å²) in [4.78, 5) is 13.9. The van der Waals surface area contributed by atoms with Gasteiger partial charge in [-0.2, -0.15) is 5.10 Å². The molecule has 0 aromatic carbocycles. The molecule has 1 saturated carbocycles. The molecular weight excluding hydrogens is 242 g/mol. The fourth-order valence-electron chi connectivity index (χ4n) is 3.05. The molecule has 1 saturated heterocycles. The molecule has 1 N–H and O–H groups in total. The molecule has 19 heavy (non-hydrogen) atoms. The van der Waals surface area contributed by atoms with Crippen LogP contribution in [0.25, 0.3) is 0 Å². The fraction of sp³-hybridized carbons (Fsp3) is 0.714. The first-order valence-corrected chi connectivity index (χ1v) is 7.26. The second kappa shape index (κ2) is 5.33. The molecule has 1 aromatic rings. The summed E-state index contributed by atoms with van der Waals surface area (Å²) >= 11 is 0. The maximum absolute atomic E-state index is 12.2. The summed E-state index contributed by atoms with van der Waals surface area (Å²) < 4.78 is 1.96. The molecule has 0 radical (unpaired) electrons. The zero-order valence-corrected chi connectivity index (χ0v) is 11.2. The van der Waals surface area contributed by atoms with Crippen LogP contribution in [-0.4, -0.2) is 44.9 Å². The normalized spacial score (nSPS) is 24.3. The molecular formula is C14H21N3O2. The SMILES string of the molecule is O=C(c1ccn(C2CCCCC2)n1)N1CCC1CO. The summed E-state index contributed by atoms with van der Waals surface area (Å²) in [5.41, 5.74) is 0.517. The smallest absolute Gasteiger partial charge is 0.274 e.